The Morgan fingerprint density at radius 3 is 2.42 bits per heavy atom. The summed E-state index contributed by atoms with van der Waals surface area (Å²) in [5.74, 6) is -0.634. The predicted octanol–water partition coefficient (Wildman–Crippen LogP) is 2.86. The van der Waals surface area contributed by atoms with Gasteiger partial charge in [-0.15, -0.1) is 11.3 Å². The number of sulfonamides is 1. The van der Waals surface area contributed by atoms with Crippen LogP contribution in [0.5, 0.6) is 0 Å². The van der Waals surface area contributed by atoms with Crippen LogP contribution in [0.3, 0.4) is 0 Å². The number of esters is 1. The van der Waals surface area contributed by atoms with E-state index >= 15 is 0 Å². The number of carbonyl (C=O) groups is 2. The molecule has 0 saturated carbocycles. The second kappa shape index (κ2) is 9.90. The van der Waals surface area contributed by atoms with Gasteiger partial charge in [-0.05, 0) is 50.6 Å². The van der Waals surface area contributed by atoms with Crippen molar-refractivity contribution in [2.45, 2.75) is 25.7 Å². The van der Waals surface area contributed by atoms with Crippen LogP contribution in [-0.4, -0.2) is 63.9 Å². The number of hydrogen-bond acceptors (Lipinski definition) is 8. The molecule has 8 nitrogen and oxygen atoms in total. The Kier molecular flexibility index (Phi) is 7.47. The maximum absolute atomic E-state index is 12.7. The van der Waals surface area contributed by atoms with Crippen molar-refractivity contribution in [1.82, 2.24) is 4.31 Å². The lowest BCUT2D eigenvalue weighted by Gasteiger charge is -2.26. The largest absolute Gasteiger partial charge is 0.462 e. The third-order valence-corrected chi connectivity index (χ3v) is 8.14. The molecule has 0 amide bonds. The number of Topliss-reactive ketones (excluding diaryl/α,β-unsaturated/α-hetero) is 1. The van der Waals surface area contributed by atoms with Gasteiger partial charge in [0.2, 0.25) is 10.0 Å². The molecule has 2 heterocycles. The number of carbonyl (C=O) groups excluding carboxylic acids is 2. The Hall–Kier alpha value is -2.27. The molecule has 3 rings (SSSR count). The fourth-order valence-electron chi connectivity index (χ4n) is 3.21. The van der Waals surface area contributed by atoms with Crippen molar-refractivity contribution in [1.29, 1.82) is 0 Å². The van der Waals surface area contributed by atoms with Gasteiger partial charge in [0.1, 0.15) is 5.00 Å². The maximum Gasteiger partial charge on any atom is 0.341 e. The van der Waals surface area contributed by atoms with Gasteiger partial charge in [0.05, 0.1) is 36.8 Å². The molecular formula is C21H26N2O6S2. The Morgan fingerprint density at radius 2 is 1.81 bits per heavy atom. The quantitative estimate of drug-likeness (QED) is 0.471. The van der Waals surface area contributed by atoms with E-state index in [1.807, 2.05) is 13.8 Å². The molecule has 1 saturated heterocycles. The van der Waals surface area contributed by atoms with Gasteiger partial charge >= 0.3 is 5.97 Å². The first kappa shape index (κ1) is 23.4. The fraction of sp³-hybridized carbons (Fsp3) is 0.429. The van der Waals surface area contributed by atoms with Crippen molar-refractivity contribution in [3.63, 3.8) is 0 Å². The minimum Gasteiger partial charge on any atom is -0.462 e. The first-order chi connectivity index (χ1) is 14.8. The molecule has 0 atom stereocenters. The Balaban J connectivity index is 1.70. The molecule has 1 aliphatic heterocycles. The van der Waals surface area contributed by atoms with Crippen molar-refractivity contribution >= 4 is 38.1 Å². The Bertz CT molecular complexity index is 1050. The van der Waals surface area contributed by atoms with Crippen LogP contribution < -0.4 is 5.32 Å². The van der Waals surface area contributed by atoms with Crippen LogP contribution in [0.1, 0.15) is 38.1 Å². The summed E-state index contributed by atoms with van der Waals surface area (Å²) < 4.78 is 37.1. The van der Waals surface area contributed by atoms with Crippen molar-refractivity contribution in [2.24, 2.45) is 0 Å². The molecule has 0 bridgehead atoms. The number of rotatable bonds is 8. The van der Waals surface area contributed by atoms with Crippen molar-refractivity contribution in [2.75, 3.05) is 44.8 Å². The molecule has 10 heteroatoms. The number of ether oxygens (including phenoxy) is 2. The molecule has 1 fully saturated rings. The average Bonchev–Trinajstić information content (AvgIpc) is 3.06. The summed E-state index contributed by atoms with van der Waals surface area (Å²) in [5, 5.41) is 3.63. The van der Waals surface area contributed by atoms with Crippen molar-refractivity contribution in [3.05, 3.63) is 45.8 Å². The number of morpholine rings is 1. The van der Waals surface area contributed by atoms with E-state index in [1.165, 1.54) is 39.9 Å². The Morgan fingerprint density at radius 1 is 1.16 bits per heavy atom. The third-order valence-electron chi connectivity index (χ3n) is 5.06. The summed E-state index contributed by atoms with van der Waals surface area (Å²) in [4.78, 5) is 26.0. The topological polar surface area (TPSA) is 102 Å². The summed E-state index contributed by atoms with van der Waals surface area (Å²) in [6.45, 7) is 7.11. The van der Waals surface area contributed by atoms with Crippen LogP contribution >= 0.6 is 11.3 Å². The van der Waals surface area contributed by atoms with E-state index in [0.717, 1.165) is 10.4 Å². The van der Waals surface area contributed by atoms with E-state index in [1.54, 1.807) is 6.92 Å². The average molecular weight is 467 g/mol. The second-order valence-corrected chi connectivity index (χ2v) is 10.2. The van der Waals surface area contributed by atoms with Gasteiger partial charge < -0.3 is 14.8 Å². The van der Waals surface area contributed by atoms with Gasteiger partial charge in [-0.25, -0.2) is 13.2 Å². The van der Waals surface area contributed by atoms with Gasteiger partial charge in [0, 0.05) is 23.5 Å². The maximum atomic E-state index is 12.7. The van der Waals surface area contributed by atoms with Gasteiger partial charge in [0.15, 0.2) is 5.78 Å². The number of anilines is 1. The van der Waals surface area contributed by atoms with E-state index in [2.05, 4.69) is 5.32 Å². The van der Waals surface area contributed by atoms with E-state index in [4.69, 9.17) is 9.47 Å². The van der Waals surface area contributed by atoms with Crippen LogP contribution in [0.2, 0.25) is 0 Å². The smallest absolute Gasteiger partial charge is 0.341 e. The molecule has 2 aromatic rings. The number of benzene rings is 1. The van der Waals surface area contributed by atoms with Gasteiger partial charge in [-0.2, -0.15) is 4.31 Å². The highest BCUT2D eigenvalue weighted by molar-refractivity contribution is 7.89. The second-order valence-electron chi connectivity index (χ2n) is 7.03. The molecule has 0 radical (unpaired) electrons. The van der Waals surface area contributed by atoms with E-state index in [0.29, 0.717) is 42.4 Å². The number of ketones is 1. The molecule has 0 aliphatic carbocycles. The normalized spacial score (nSPS) is 14.9. The molecule has 1 N–H and O–H groups in total. The van der Waals surface area contributed by atoms with E-state index in [-0.39, 0.29) is 23.8 Å². The first-order valence-electron chi connectivity index (χ1n) is 9.97. The van der Waals surface area contributed by atoms with Crippen LogP contribution in [0.15, 0.2) is 29.2 Å². The minimum atomic E-state index is -3.61. The van der Waals surface area contributed by atoms with Crippen LogP contribution in [0, 0.1) is 13.8 Å². The first-order valence-corrected chi connectivity index (χ1v) is 12.2. The molecule has 1 aliphatic rings. The van der Waals surface area contributed by atoms with Crippen molar-refractivity contribution < 1.29 is 27.5 Å². The molecular weight excluding hydrogens is 440 g/mol. The Labute approximate surface area is 186 Å². The molecule has 1 aromatic carbocycles. The summed E-state index contributed by atoms with van der Waals surface area (Å²) >= 11 is 1.39. The summed E-state index contributed by atoms with van der Waals surface area (Å²) in [7, 11) is -3.61. The van der Waals surface area contributed by atoms with Crippen molar-refractivity contribution in [3.8, 4) is 0 Å². The van der Waals surface area contributed by atoms with Crippen LogP contribution in [0.4, 0.5) is 5.00 Å². The zero-order chi connectivity index (χ0) is 22.6. The van der Waals surface area contributed by atoms with Gasteiger partial charge in [-0.1, -0.05) is 0 Å². The SMILES string of the molecule is CCOC(=O)c1c(NCC(=O)c2ccc(S(=O)(=O)N3CCOCC3)cc2)sc(C)c1C. The zero-order valence-corrected chi connectivity index (χ0v) is 19.4. The lowest BCUT2D eigenvalue weighted by Crippen LogP contribution is -2.40. The summed E-state index contributed by atoms with van der Waals surface area (Å²) in [6, 6.07) is 5.91. The standard InChI is InChI=1S/C21H26N2O6S2/c1-4-29-21(25)19-14(2)15(3)30-20(19)22-13-18(24)16-5-7-17(8-6-16)31(26,27)23-9-11-28-12-10-23/h5-8,22H,4,9-13H2,1-3H3. The highest BCUT2D eigenvalue weighted by Gasteiger charge is 2.26. The molecule has 0 spiro atoms. The number of hydrogen-bond donors (Lipinski definition) is 1. The molecule has 0 unspecified atom stereocenters. The van der Waals surface area contributed by atoms with E-state index < -0.39 is 16.0 Å². The molecule has 168 valence electrons. The summed E-state index contributed by atoms with van der Waals surface area (Å²) in [6.07, 6.45) is 0. The number of nitrogens with zero attached hydrogens (tertiary/aromatic N) is 1. The fourth-order valence-corrected chi connectivity index (χ4v) is 5.66. The lowest BCUT2D eigenvalue weighted by molar-refractivity contribution is 0.0527. The van der Waals surface area contributed by atoms with Gasteiger partial charge in [-0.3, -0.25) is 4.79 Å². The number of aryl methyl sites for hydroxylation is 1. The third kappa shape index (κ3) is 5.15. The zero-order valence-electron chi connectivity index (χ0n) is 17.8. The number of thiophene rings is 1. The monoisotopic (exact) mass is 466 g/mol. The molecule has 31 heavy (non-hydrogen) atoms. The number of nitrogens with one attached hydrogen (secondary N) is 1. The highest BCUT2D eigenvalue weighted by atomic mass is 32.2. The molecule has 1 aromatic heterocycles. The predicted molar refractivity (Wildman–Crippen MR) is 119 cm³/mol. The minimum absolute atomic E-state index is 0.0264. The summed E-state index contributed by atoms with van der Waals surface area (Å²) in [5.41, 5.74) is 1.66. The highest BCUT2D eigenvalue weighted by Crippen LogP contribution is 2.33. The van der Waals surface area contributed by atoms with E-state index in [9.17, 15) is 18.0 Å². The van der Waals surface area contributed by atoms with Crippen LogP contribution in [0.25, 0.3) is 0 Å². The van der Waals surface area contributed by atoms with Gasteiger partial charge in [0.25, 0.3) is 0 Å². The lowest BCUT2D eigenvalue weighted by atomic mass is 10.1. The van der Waals surface area contributed by atoms with Crippen LogP contribution in [-0.2, 0) is 19.5 Å².